The molecular formula is C49H89NO5. The number of esters is 1. The molecule has 0 aliphatic heterocycles. The maximum atomic E-state index is 13.1. The van der Waals surface area contributed by atoms with Gasteiger partial charge in [-0.2, -0.15) is 0 Å². The first-order valence-electron chi connectivity index (χ1n) is 23.4. The Balaban J connectivity index is 4.68. The molecule has 0 saturated heterocycles. The van der Waals surface area contributed by atoms with E-state index in [1.165, 1.54) is 109 Å². The number of aliphatic hydroxyl groups is 2. The van der Waals surface area contributed by atoms with Crippen molar-refractivity contribution in [2.75, 3.05) is 6.61 Å². The third-order valence-corrected chi connectivity index (χ3v) is 10.5. The molecule has 0 aliphatic rings. The van der Waals surface area contributed by atoms with Crippen LogP contribution in [-0.4, -0.2) is 46.9 Å². The van der Waals surface area contributed by atoms with Crippen LogP contribution in [0.15, 0.2) is 48.6 Å². The van der Waals surface area contributed by atoms with E-state index in [1.54, 1.807) is 0 Å². The van der Waals surface area contributed by atoms with E-state index in [0.717, 1.165) is 70.6 Å². The summed E-state index contributed by atoms with van der Waals surface area (Å²) in [6.45, 7) is 6.40. The molecule has 6 nitrogen and oxygen atoms in total. The lowest BCUT2D eigenvalue weighted by atomic mass is 10.0. The lowest BCUT2D eigenvalue weighted by molar-refractivity contribution is -0.151. The first-order chi connectivity index (χ1) is 27.0. The smallest absolute Gasteiger partial charge is 0.306 e. The van der Waals surface area contributed by atoms with Gasteiger partial charge in [0, 0.05) is 6.42 Å². The lowest BCUT2D eigenvalue weighted by Crippen LogP contribution is -2.46. The number of nitrogens with one attached hydrogen (secondary N) is 1. The molecule has 0 saturated carbocycles. The highest BCUT2D eigenvalue weighted by molar-refractivity contribution is 5.77. The van der Waals surface area contributed by atoms with Crippen molar-refractivity contribution < 1.29 is 24.5 Å². The van der Waals surface area contributed by atoms with Crippen molar-refractivity contribution in [3.8, 4) is 0 Å². The van der Waals surface area contributed by atoms with E-state index in [2.05, 4.69) is 68.6 Å². The number of hydrogen-bond donors (Lipinski definition) is 3. The second-order valence-corrected chi connectivity index (χ2v) is 15.9. The number of allylic oxidation sites excluding steroid dienone is 8. The first kappa shape index (κ1) is 52.8. The van der Waals surface area contributed by atoms with Gasteiger partial charge in [-0.1, -0.05) is 211 Å². The van der Waals surface area contributed by atoms with E-state index in [0.29, 0.717) is 19.3 Å². The number of unbranched alkanes of at least 4 members (excludes halogenated alkanes) is 24. The number of aliphatic hydroxyl groups excluding tert-OH is 2. The molecule has 0 fully saturated rings. The van der Waals surface area contributed by atoms with Crippen molar-refractivity contribution in [1.29, 1.82) is 0 Å². The number of ether oxygens (including phenoxy) is 1. The van der Waals surface area contributed by atoms with Gasteiger partial charge in [-0.15, -0.1) is 0 Å². The summed E-state index contributed by atoms with van der Waals surface area (Å²) in [6, 6.07) is -0.711. The Labute approximate surface area is 340 Å². The molecule has 0 spiro atoms. The van der Waals surface area contributed by atoms with Crippen molar-refractivity contribution in [2.24, 2.45) is 0 Å². The summed E-state index contributed by atoms with van der Waals surface area (Å²) in [7, 11) is 0. The predicted octanol–water partition coefficient (Wildman–Crippen LogP) is 13.5. The fourth-order valence-electron chi connectivity index (χ4n) is 6.91. The molecule has 0 rings (SSSR count). The number of hydrogen-bond acceptors (Lipinski definition) is 5. The van der Waals surface area contributed by atoms with E-state index in [-0.39, 0.29) is 24.9 Å². The molecule has 6 heteroatoms. The molecule has 0 heterocycles. The van der Waals surface area contributed by atoms with Crippen molar-refractivity contribution >= 4 is 11.9 Å². The third-order valence-electron chi connectivity index (χ3n) is 10.5. The minimum Gasteiger partial charge on any atom is -0.462 e. The molecule has 55 heavy (non-hydrogen) atoms. The van der Waals surface area contributed by atoms with E-state index in [4.69, 9.17) is 4.74 Å². The Bertz CT molecular complexity index is 957. The Morgan fingerprint density at radius 3 is 1.44 bits per heavy atom. The Hall–Kier alpha value is -2.18. The van der Waals surface area contributed by atoms with Gasteiger partial charge in [-0.05, 0) is 51.4 Å². The zero-order valence-electron chi connectivity index (χ0n) is 36.3. The highest BCUT2D eigenvalue weighted by Gasteiger charge is 2.24. The summed E-state index contributed by atoms with van der Waals surface area (Å²) in [4.78, 5) is 25.9. The molecule has 3 N–H and O–H groups in total. The zero-order valence-corrected chi connectivity index (χ0v) is 36.3. The Kier molecular flexibility index (Phi) is 41.2. The second kappa shape index (κ2) is 43.0. The number of carbonyl (C=O) groups is 2. The molecule has 3 atom stereocenters. The summed E-state index contributed by atoms with van der Waals surface area (Å²) in [5, 5.41) is 23.6. The summed E-state index contributed by atoms with van der Waals surface area (Å²) in [5.41, 5.74) is 0. The SMILES string of the molecule is CCCCC/C=C/C=C/C=C/C=C/CCCCCC(CC(=O)NC(CO)C(O)CCCCCCCCCCCCC)OC(=O)CCCCCCCCCCC. The summed E-state index contributed by atoms with van der Waals surface area (Å²) < 4.78 is 5.88. The fraction of sp³-hybridized carbons (Fsp3) is 0.796. The molecule has 3 unspecified atom stereocenters. The van der Waals surface area contributed by atoms with Gasteiger partial charge in [0.2, 0.25) is 5.91 Å². The van der Waals surface area contributed by atoms with Crippen LogP contribution in [0.4, 0.5) is 0 Å². The van der Waals surface area contributed by atoms with Gasteiger partial charge >= 0.3 is 5.97 Å². The van der Waals surface area contributed by atoms with Crippen LogP contribution in [0.3, 0.4) is 0 Å². The van der Waals surface area contributed by atoms with Gasteiger partial charge in [-0.3, -0.25) is 9.59 Å². The van der Waals surface area contributed by atoms with Crippen LogP contribution in [0, 0.1) is 0 Å². The maximum Gasteiger partial charge on any atom is 0.306 e. The first-order valence-corrected chi connectivity index (χ1v) is 23.4. The van der Waals surface area contributed by atoms with E-state index in [9.17, 15) is 19.8 Å². The monoisotopic (exact) mass is 772 g/mol. The molecule has 0 radical (unpaired) electrons. The minimum atomic E-state index is -0.795. The fourth-order valence-corrected chi connectivity index (χ4v) is 6.91. The van der Waals surface area contributed by atoms with Crippen LogP contribution < -0.4 is 5.32 Å². The second-order valence-electron chi connectivity index (χ2n) is 15.9. The van der Waals surface area contributed by atoms with Crippen molar-refractivity contribution in [1.82, 2.24) is 5.32 Å². The van der Waals surface area contributed by atoms with Gasteiger partial charge in [0.05, 0.1) is 25.2 Å². The van der Waals surface area contributed by atoms with Gasteiger partial charge in [-0.25, -0.2) is 0 Å². The van der Waals surface area contributed by atoms with E-state index >= 15 is 0 Å². The van der Waals surface area contributed by atoms with Gasteiger partial charge in [0.25, 0.3) is 0 Å². The summed E-state index contributed by atoms with van der Waals surface area (Å²) >= 11 is 0. The Morgan fingerprint density at radius 1 is 0.527 bits per heavy atom. The van der Waals surface area contributed by atoms with Gasteiger partial charge in [0.15, 0.2) is 0 Å². The van der Waals surface area contributed by atoms with Crippen LogP contribution in [0.5, 0.6) is 0 Å². The van der Waals surface area contributed by atoms with Gasteiger partial charge < -0.3 is 20.3 Å². The normalized spacial score (nSPS) is 13.8. The molecule has 0 aromatic carbocycles. The highest BCUT2D eigenvalue weighted by Crippen LogP contribution is 2.17. The largest absolute Gasteiger partial charge is 0.462 e. The van der Waals surface area contributed by atoms with Crippen LogP contribution in [-0.2, 0) is 14.3 Å². The average Bonchev–Trinajstić information content (AvgIpc) is 3.18. The third kappa shape index (κ3) is 38.5. The molecule has 320 valence electrons. The van der Waals surface area contributed by atoms with Crippen LogP contribution in [0.2, 0.25) is 0 Å². The van der Waals surface area contributed by atoms with Gasteiger partial charge in [0.1, 0.15) is 6.10 Å². The standard InChI is InChI=1S/C49H89NO5/c1-4-7-10-13-16-19-21-22-23-24-25-27-29-31-34-37-40-45(55-49(54)42-39-36-33-28-18-15-12-9-6-3)43-48(53)50-46(44-51)47(52)41-38-35-32-30-26-20-17-14-11-8-5-2/h16,19,21-25,27,45-47,51-52H,4-15,17-18,20,26,28-44H2,1-3H3,(H,50,53)/b19-16+,22-21+,24-23+,27-25+. The van der Waals surface area contributed by atoms with E-state index < -0.39 is 18.2 Å². The predicted molar refractivity (Wildman–Crippen MR) is 236 cm³/mol. The van der Waals surface area contributed by atoms with Crippen molar-refractivity contribution in [3.63, 3.8) is 0 Å². The lowest BCUT2D eigenvalue weighted by Gasteiger charge is -2.24. The highest BCUT2D eigenvalue weighted by atomic mass is 16.5. The van der Waals surface area contributed by atoms with E-state index in [1.807, 2.05) is 6.08 Å². The molecule has 0 aromatic rings. The molecule has 1 amide bonds. The zero-order chi connectivity index (χ0) is 40.3. The minimum absolute atomic E-state index is 0.0529. The quantitative estimate of drug-likeness (QED) is 0.0327. The summed E-state index contributed by atoms with van der Waals surface area (Å²) in [6.07, 6.45) is 50.2. The topological polar surface area (TPSA) is 95.9 Å². The number of rotatable bonds is 41. The van der Waals surface area contributed by atoms with Crippen LogP contribution in [0.1, 0.15) is 226 Å². The summed E-state index contributed by atoms with van der Waals surface area (Å²) in [5.74, 6) is -0.514. The number of carbonyl (C=O) groups excluding carboxylic acids is 2. The maximum absolute atomic E-state index is 13.1. The molecular weight excluding hydrogens is 683 g/mol. The number of amides is 1. The molecule has 0 bridgehead atoms. The van der Waals surface area contributed by atoms with Crippen LogP contribution in [0.25, 0.3) is 0 Å². The average molecular weight is 772 g/mol. The van der Waals surface area contributed by atoms with Crippen molar-refractivity contribution in [2.45, 2.75) is 244 Å². The Morgan fingerprint density at radius 2 is 0.927 bits per heavy atom. The molecule has 0 aromatic heterocycles. The van der Waals surface area contributed by atoms with Crippen molar-refractivity contribution in [3.05, 3.63) is 48.6 Å². The van der Waals surface area contributed by atoms with Crippen LogP contribution >= 0.6 is 0 Å². The molecule has 0 aliphatic carbocycles.